The number of benzene rings is 1. The van der Waals surface area contributed by atoms with E-state index in [0.717, 1.165) is 5.56 Å². The molecule has 0 saturated carbocycles. The number of aromatic nitrogens is 4. The van der Waals surface area contributed by atoms with E-state index in [1.807, 2.05) is 19.1 Å². The standard InChI is InChI=1S/C11H15N5O2/c1-3-17-10-6-8(7-12)4-5-9(10)18-11-13-14-15-16(11)2/h4-6H,3,7,12H2,1-2H3. The molecule has 0 spiro atoms. The normalized spacial score (nSPS) is 10.4. The Morgan fingerprint density at radius 3 is 2.78 bits per heavy atom. The van der Waals surface area contributed by atoms with Crippen molar-refractivity contribution in [2.75, 3.05) is 6.61 Å². The third kappa shape index (κ3) is 2.57. The first kappa shape index (κ1) is 12.3. The van der Waals surface area contributed by atoms with E-state index in [-0.39, 0.29) is 0 Å². The van der Waals surface area contributed by atoms with Crippen LogP contribution in [0.3, 0.4) is 0 Å². The highest BCUT2D eigenvalue weighted by molar-refractivity contribution is 5.44. The summed E-state index contributed by atoms with van der Waals surface area (Å²) in [4.78, 5) is 0. The number of tetrazole rings is 1. The van der Waals surface area contributed by atoms with Gasteiger partial charge in [-0.05, 0) is 35.0 Å². The first-order chi connectivity index (χ1) is 8.74. The number of nitrogens with two attached hydrogens (primary N) is 1. The summed E-state index contributed by atoms with van der Waals surface area (Å²) in [6.07, 6.45) is 0. The zero-order valence-electron chi connectivity index (χ0n) is 10.3. The van der Waals surface area contributed by atoms with Gasteiger partial charge in [-0.15, -0.1) is 0 Å². The summed E-state index contributed by atoms with van der Waals surface area (Å²) < 4.78 is 12.5. The number of ether oxygens (including phenoxy) is 2. The molecule has 0 bridgehead atoms. The van der Waals surface area contributed by atoms with Gasteiger partial charge in [0.25, 0.3) is 0 Å². The Hall–Kier alpha value is -2.15. The van der Waals surface area contributed by atoms with E-state index in [9.17, 15) is 0 Å². The highest BCUT2D eigenvalue weighted by atomic mass is 16.5. The number of hydrogen-bond acceptors (Lipinski definition) is 6. The van der Waals surface area contributed by atoms with Crippen molar-refractivity contribution in [2.24, 2.45) is 12.8 Å². The maximum absolute atomic E-state index is 5.59. The van der Waals surface area contributed by atoms with Crippen LogP contribution in [0.15, 0.2) is 18.2 Å². The fourth-order valence-electron chi connectivity index (χ4n) is 1.44. The van der Waals surface area contributed by atoms with Crippen LogP contribution in [0.1, 0.15) is 12.5 Å². The molecule has 0 atom stereocenters. The maximum Gasteiger partial charge on any atom is 0.340 e. The molecule has 1 aromatic heterocycles. The van der Waals surface area contributed by atoms with Gasteiger partial charge in [0.15, 0.2) is 11.5 Å². The quantitative estimate of drug-likeness (QED) is 0.845. The van der Waals surface area contributed by atoms with E-state index < -0.39 is 0 Å². The molecule has 0 amide bonds. The van der Waals surface area contributed by atoms with Crippen molar-refractivity contribution >= 4 is 0 Å². The van der Waals surface area contributed by atoms with E-state index in [1.54, 1.807) is 13.1 Å². The van der Waals surface area contributed by atoms with Crippen molar-refractivity contribution in [2.45, 2.75) is 13.5 Å². The lowest BCUT2D eigenvalue weighted by Crippen LogP contribution is -2.01. The van der Waals surface area contributed by atoms with Crippen molar-refractivity contribution < 1.29 is 9.47 Å². The minimum atomic E-state index is 0.302. The zero-order chi connectivity index (χ0) is 13.0. The molecule has 1 aromatic carbocycles. The topological polar surface area (TPSA) is 88.1 Å². The van der Waals surface area contributed by atoms with Crippen LogP contribution in [0.5, 0.6) is 17.5 Å². The summed E-state index contributed by atoms with van der Waals surface area (Å²) in [6, 6.07) is 5.82. The summed E-state index contributed by atoms with van der Waals surface area (Å²) in [5.41, 5.74) is 6.57. The van der Waals surface area contributed by atoms with Gasteiger partial charge in [-0.2, -0.15) is 4.68 Å². The average Bonchev–Trinajstić information content (AvgIpc) is 2.77. The van der Waals surface area contributed by atoms with Crippen LogP contribution in [0, 0.1) is 0 Å². The number of nitrogens with zero attached hydrogens (tertiary/aromatic N) is 4. The molecule has 0 aliphatic carbocycles. The highest BCUT2D eigenvalue weighted by Gasteiger charge is 2.11. The molecule has 18 heavy (non-hydrogen) atoms. The Kier molecular flexibility index (Phi) is 3.73. The molecule has 0 radical (unpaired) electrons. The second-order valence-corrected chi connectivity index (χ2v) is 3.61. The number of rotatable bonds is 5. The van der Waals surface area contributed by atoms with Gasteiger partial charge in [-0.3, -0.25) is 0 Å². The Morgan fingerprint density at radius 2 is 2.17 bits per heavy atom. The largest absolute Gasteiger partial charge is 0.490 e. The van der Waals surface area contributed by atoms with Crippen LogP contribution >= 0.6 is 0 Å². The van der Waals surface area contributed by atoms with E-state index in [0.29, 0.717) is 30.7 Å². The predicted octanol–water partition coefficient (Wildman–Crippen LogP) is 0.860. The molecule has 7 nitrogen and oxygen atoms in total. The van der Waals surface area contributed by atoms with Gasteiger partial charge in [-0.25, -0.2) is 0 Å². The van der Waals surface area contributed by atoms with Crippen molar-refractivity contribution in [1.29, 1.82) is 0 Å². The molecule has 1 heterocycles. The lowest BCUT2D eigenvalue weighted by atomic mass is 10.2. The molecular formula is C11H15N5O2. The fraction of sp³-hybridized carbons (Fsp3) is 0.364. The Labute approximate surface area is 104 Å². The number of hydrogen-bond donors (Lipinski definition) is 1. The Bertz CT molecular complexity index is 526. The van der Waals surface area contributed by atoms with Crippen LogP contribution in [-0.2, 0) is 13.6 Å². The van der Waals surface area contributed by atoms with Crippen molar-refractivity contribution in [1.82, 2.24) is 20.2 Å². The molecular weight excluding hydrogens is 234 g/mol. The van der Waals surface area contributed by atoms with Crippen molar-refractivity contribution in [3.63, 3.8) is 0 Å². The Morgan fingerprint density at radius 1 is 1.33 bits per heavy atom. The molecule has 2 aromatic rings. The molecule has 7 heteroatoms. The van der Waals surface area contributed by atoms with Gasteiger partial charge in [0.1, 0.15) is 0 Å². The van der Waals surface area contributed by atoms with Gasteiger partial charge in [0.2, 0.25) is 0 Å². The average molecular weight is 249 g/mol. The van der Waals surface area contributed by atoms with E-state index in [1.165, 1.54) is 4.68 Å². The smallest absolute Gasteiger partial charge is 0.340 e. The lowest BCUT2D eigenvalue weighted by Gasteiger charge is -2.11. The minimum Gasteiger partial charge on any atom is -0.490 e. The van der Waals surface area contributed by atoms with Crippen LogP contribution < -0.4 is 15.2 Å². The van der Waals surface area contributed by atoms with Gasteiger partial charge in [0, 0.05) is 13.6 Å². The third-order valence-electron chi connectivity index (χ3n) is 2.33. The fourth-order valence-corrected chi connectivity index (χ4v) is 1.44. The molecule has 0 aliphatic rings. The van der Waals surface area contributed by atoms with Gasteiger partial charge < -0.3 is 15.2 Å². The van der Waals surface area contributed by atoms with Crippen molar-refractivity contribution in [3.8, 4) is 17.5 Å². The summed E-state index contributed by atoms with van der Waals surface area (Å²) in [5.74, 6) is 1.19. The van der Waals surface area contributed by atoms with Gasteiger partial charge >= 0.3 is 6.01 Å². The van der Waals surface area contributed by atoms with Gasteiger partial charge in [0.05, 0.1) is 6.61 Å². The molecule has 2 rings (SSSR count). The third-order valence-corrected chi connectivity index (χ3v) is 2.33. The van der Waals surface area contributed by atoms with Crippen LogP contribution in [0.25, 0.3) is 0 Å². The maximum atomic E-state index is 5.59. The van der Waals surface area contributed by atoms with Gasteiger partial charge in [-0.1, -0.05) is 11.2 Å². The summed E-state index contributed by atoms with van der Waals surface area (Å²) in [7, 11) is 1.70. The number of aryl methyl sites for hydroxylation is 1. The zero-order valence-corrected chi connectivity index (χ0v) is 10.3. The van der Waals surface area contributed by atoms with Crippen molar-refractivity contribution in [3.05, 3.63) is 23.8 Å². The lowest BCUT2D eigenvalue weighted by molar-refractivity contribution is 0.313. The van der Waals surface area contributed by atoms with Crippen LogP contribution in [-0.4, -0.2) is 26.8 Å². The second kappa shape index (κ2) is 5.46. The second-order valence-electron chi connectivity index (χ2n) is 3.61. The molecule has 96 valence electrons. The monoisotopic (exact) mass is 249 g/mol. The van der Waals surface area contributed by atoms with Crippen LogP contribution in [0.2, 0.25) is 0 Å². The van der Waals surface area contributed by atoms with E-state index in [2.05, 4.69) is 15.5 Å². The molecule has 0 unspecified atom stereocenters. The summed E-state index contributed by atoms with van der Waals surface area (Å²) >= 11 is 0. The SMILES string of the molecule is CCOc1cc(CN)ccc1Oc1nnnn1C. The predicted molar refractivity (Wildman–Crippen MR) is 64.4 cm³/mol. The van der Waals surface area contributed by atoms with Crippen LogP contribution in [0.4, 0.5) is 0 Å². The summed E-state index contributed by atoms with van der Waals surface area (Å²) in [5, 5.41) is 11.0. The molecule has 0 fully saturated rings. The first-order valence-corrected chi connectivity index (χ1v) is 5.60. The Balaban J connectivity index is 2.29. The first-order valence-electron chi connectivity index (χ1n) is 5.60. The molecule has 0 saturated heterocycles. The van der Waals surface area contributed by atoms with E-state index in [4.69, 9.17) is 15.2 Å². The highest BCUT2D eigenvalue weighted by Crippen LogP contribution is 2.31. The van der Waals surface area contributed by atoms with E-state index >= 15 is 0 Å². The molecule has 0 aliphatic heterocycles. The molecule has 2 N–H and O–H groups in total. The summed E-state index contributed by atoms with van der Waals surface area (Å²) in [6.45, 7) is 2.90. The minimum absolute atomic E-state index is 0.302.